The Kier molecular flexibility index (Phi) is 2.14. The molecule has 0 amide bonds. The first kappa shape index (κ1) is 9.96. The van der Waals surface area contributed by atoms with Gasteiger partial charge in [-0.25, -0.2) is 9.18 Å². The zero-order valence-corrected chi connectivity index (χ0v) is 8.38. The number of aryl methyl sites for hydroxylation is 1. The Balaban J connectivity index is 2.37. The molecule has 1 aliphatic rings. The van der Waals surface area contributed by atoms with Gasteiger partial charge in [0.2, 0.25) is 0 Å². The van der Waals surface area contributed by atoms with Crippen LogP contribution in [0.3, 0.4) is 0 Å². The van der Waals surface area contributed by atoms with Crippen LogP contribution in [0.2, 0.25) is 0 Å². The minimum Gasteiger partial charge on any atom is -0.480 e. The predicted molar refractivity (Wildman–Crippen MR) is 54.4 cm³/mol. The standard InChI is InChI=1S/C11H12FNO2/c1-11(10(14)15)5-4-7-2-3-8(12)6-9(7)13-11/h2-3,6,13H,4-5H2,1H3,(H,14,15). The molecule has 0 saturated carbocycles. The maximum Gasteiger partial charge on any atom is 0.329 e. The van der Waals surface area contributed by atoms with Crippen LogP contribution in [0.1, 0.15) is 18.9 Å². The summed E-state index contributed by atoms with van der Waals surface area (Å²) in [5.74, 6) is -1.26. The number of hydrogen-bond donors (Lipinski definition) is 2. The number of fused-ring (bicyclic) bond motifs is 1. The molecule has 0 aromatic heterocycles. The van der Waals surface area contributed by atoms with Gasteiger partial charge >= 0.3 is 5.97 Å². The first-order valence-electron chi connectivity index (χ1n) is 4.81. The number of anilines is 1. The lowest BCUT2D eigenvalue weighted by molar-refractivity contribution is -0.142. The first-order chi connectivity index (χ1) is 7.01. The fourth-order valence-electron chi connectivity index (χ4n) is 1.79. The number of rotatable bonds is 1. The third-order valence-corrected chi connectivity index (χ3v) is 2.85. The third kappa shape index (κ3) is 1.67. The summed E-state index contributed by atoms with van der Waals surface area (Å²) in [6.07, 6.45) is 1.17. The molecule has 1 heterocycles. The van der Waals surface area contributed by atoms with E-state index < -0.39 is 11.5 Å². The average molecular weight is 209 g/mol. The monoisotopic (exact) mass is 209 g/mol. The average Bonchev–Trinajstić information content (AvgIpc) is 2.16. The molecule has 0 spiro atoms. The highest BCUT2D eigenvalue weighted by molar-refractivity contribution is 5.83. The van der Waals surface area contributed by atoms with Gasteiger partial charge < -0.3 is 10.4 Å². The van der Waals surface area contributed by atoms with Crippen molar-refractivity contribution in [3.63, 3.8) is 0 Å². The number of aliphatic carboxylic acids is 1. The van der Waals surface area contributed by atoms with Crippen molar-refractivity contribution < 1.29 is 14.3 Å². The Morgan fingerprint density at radius 3 is 3.00 bits per heavy atom. The third-order valence-electron chi connectivity index (χ3n) is 2.85. The molecule has 0 fully saturated rings. The number of halogens is 1. The molecule has 1 unspecified atom stereocenters. The van der Waals surface area contributed by atoms with Gasteiger partial charge in [-0.05, 0) is 37.5 Å². The summed E-state index contributed by atoms with van der Waals surface area (Å²) in [5.41, 5.74) is 0.571. The van der Waals surface area contributed by atoms with Gasteiger partial charge in [0.05, 0.1) is 0 Å². The zero-order chi connectivity index (χ0) is 11.1. The fraction of sp³-hybridized carbons (Fsp3) is 0.364. The van der Waals surface area contributed by atoms with E-state index >= 15 is 0 Å². The molecule has 80 valence electrons. The van der Waals surface area contributed by atoms with Gasteiger partial charge in [-0.15, -0.1) is 0 Å². The van der Waals surface area contributed by atoms with Crippen molar-refractivity contribution in [2.45, 2.75) is 25.3 Å². The maximum atomic E-state index is 13.0. The quantitative estimate of drug-likeness (QED) is 0.744. The van der Waals surface area contributed by atoms with Crippen molar-refractivity contribution in [3.05, 3.63) is 29.6 Å². The molecule has 4 heteroatoms. The van der Waals surface area contributed by atoms with E-state index in [0.29, 0.717) is 18.5 Å². The van der Waals surface area contributed by atoms with E-state index in [0.717, 1.165) is 5.56 Å². The molecule has 1 aromatic carbocycles. The highest BCUT2D eigenvalue weighted by Gasteiger charge is 2.36. The summed E-state index contributed by atoms with van der Waals surface area (Å²) >= 11 is 0. The highest BCUT2D eigenvalue weighted by atomic mass is 19.1. The van der Waals surface area contributed by atoms with Gasteiger partial charge in [0.25, 0.3) is 0 Å². The minimum absolute atomic E-state index is 0.351. The number of nitrogens with one attached hydrogen (secondary N) is 1. The van der Waals surface area contributed by atoms with E-state index in [4.69, 9.17) is 5.11 Å². The van der Waals surface area contributed by atoms with Crippen molar-refractivity contribution >= 4 is 11.7 Å². The van der Waals surface area contributed by atoms with Crippen molar-refractivity contribution in [1.82, 2.24) is 0 Å². The van der Waals surface area contributed by atoms with Crippen LogP contribution >= 0.6 is 0 Å². The van der Waals surface area contributed by atoms with E-state index in [2.05, 4.69) is 5.32 Å². The Morgan fingerprint density at radius 2 is 2.33 bits per heavy atom. The Bertz CT molecular complexity index is 419. The molecule has 2 N–H and O–H groups in total. The Morgan fingerprint density at radius 1 is 1.60 bits per heavy atom. The smallest absolute Gasteiger partial charge is 0.329 e. The van der Waals surface area contributed by atoms with Crippen LogP contribution < -0.4 is 5.32 Å². The van der Waals surface area contributed by atoms with Crippen LogP contribution in [0.4, 0.5) is 10.1 Å². The van der Waals surface area contributed by atoms with Crippen LogP contribution in [0, 0.1) is 5.82 Å². The maximum absolute atomic E-state index is 13.0. The van der Waals surface area contributed by atoms with Crippen LogP contribution in [0.5, 0.6) is 0 Å². The molecule has 15 heavy (non-hydrogen) atoms. The SMILES string of the molecule is CC1(C(=O)O)CCc2ccc(F)cc2N1. The lowest BCUT2D eigenvalue weighted by Gasteiger charge is -2.33. The molecule has 1 aliphatic heterocycles. The van der Waals surface area contributed by atoms with Gasteiger partial charge in [-0.3, -0.25) is 0 Å². The van der Waals surface area contributed by atoms with Crippen LogP contribution in [-0.4, -0.2) is 16.6 Å². The highest BCUT2D eigenvalue weighted by Crippen LogP contribution is 2.31. The second kappa shape index (κ2) is 3.22. The first-order valence-corrected chi connectivity index (χ1v) is 4.81. The van der Waals surface area contributed by atoms with Gasteiger partial charge in [-0.1, -0.05) is 6.07 Å². The van der Waals surface area contributed by atoms with E-state index in [1.807, 2.05) is 0 Å². The van der Waals surface area contributed by atoms with Crippen molar-refractivity contribution in [2.75, 3.05) is 5.32 Å². The number of carboxylic acids is 1. The number of carboxylic acid groups (broad SMARTS) is 1. The molecular formula is C11H12FNO2. The lowest BCUT2D eigenvalue weighted by Crippen LogP contribution is -2.46. The van der Waals surface area contributed by atoms with Crippen LogP contribution in [0.15, 0.2) is 18.2 Å². The fourth-order valence-corrected chi connectivity index (χ4v) is 1.79. The van der Waals surface area contributed by atoms with Gasteiger partial charge in [-0.2, -0.15) is 0 Å². The second-order valence-electron chi connectivity index (χ2n) is 4.06. The summed E-state index contributed by atoms with van der Waals surface area (Å²) in [7, 11) is 0. The summed E-state index contributed by atoms with van der Waals surface area (Å²) in [6, 6.07) is 4.43. The molecule has 0 aliphatic carbocycles. The molecule has 0 bridgehead atoms. The number of hydrogen-bond acceptors (Lipinski definition) is 2. The second-order valence-corrected chi connectivity index (χ2v) is 4.06. The predicted octanol–water partition coefficient (Wildman–Crippen LogP) is 2.03. The van der Waals surface area contributed by atoms with Crippen molar-refractivity contribution in [3.8, 4) is 0 Å². The molecule has 0 saturated heterocycles. The zero-order valence-electron chi connectivity index (χ0n) is 8.38. The van der Waals surface area contributed by atoms with Crippen LogP contribution in [0.25, 0.3) is 0 Å². The number of benzene rings is 1. The summed E-state index contributed by atoms with van der Waals surface area (Å²) in [6.45, 7) is 1.61. The number of carbonyl (C=O) groups is 1. The topological polar surface area (TPSA) is 49.3 Å². The van der Waals surface area contributed by atoms with E-state index in [1.54, 1.807) is 13.0 Å². The van der Waals surface area contributed by atoms with Crippen molar-refractivity contribution in [1.29, 1.82) is 0 Å². The van der Waals surface area contributed by atoms with Gasteiger partial charge in [0.15, 0.2) is 0 Å². The molecule has 1 atom stereocenters. The summed E-state index contributed by atoms with van der Waals surface area (Å²) in [4.78, 5) is 11.0. The van der Waals surface area contributed by atoms with Crippen molar-refractivity contribution in [2.24, 2.45) is 0 Å². The molecule has 3 nitrogen and oxygen atoms in total. The summed E-state index contributed by atoms with van der Waals surface area (Å²) in [5, 5.41) is 11.9. The van der Waals surface area contributed by atoms with E-state index in [-0.39, 0.29) is 5.82 Å². The molecule has 1 aromatic rings. The summed E-state index contributed by atoms with van der Waals surface area (Å²) < 4.78 is 13.0. The van der Waals surface area contributed by atoms with E-state index in [9.17, 15) is 9.18 Å². The molecule has 2 rings (SSSR count). The van der Waals surface area contributed by atoms with Crippen LogP contribution in [-0.2, 0) is 11.2 Å². The molecular weight excluding hydrogens is 197 g/mol. The minimum atomic E-state index is -0.985. The Hall–Kier alpha value is -1.58. The van der Waals surface area contributed by atoms with Gasteiger partial charge in [0.1, 0.15) is 11.4 Å². The Labute approximate surface area is 86.9 Å². The largest absolute Gasteiger partial charge is 0.480 e. The lowest BCUT2D eigenvalue weighted by atomic mass is 9.88. The molecule has 0 radical (unpaired) electrons. The van der Waals surface area contributed by atoms with Gasteiger partial charge in [0, 0.05) is 5.69 Å². The normalized spacial score (nSPS) is 24.1. The van der Waals surface area contributed by atoms with E-state index in [1.165, 1.54) is 12.1 Å².